The molecule has 0 atom stereocenters. The van der Waals surface area contributed by atoms with E-state index in [1.54, 1.807) is 30.0 Å². The zero-order valence-electron chi connectivity index (χ0n) is 11.6. The van der Waals surface area contributed by atoms with Crippen LogP contribution in [0.4, 0.5) is 0 Å². The van der Waals surface area contributed by atoms with Crippen molar-refractivity contribution in [3.63, 3.8) is 0 Å². The molecule has 114 valence electrons. The van der Waals surface area contributed by atoms with Gasteiger partial charge in [-0.3, -0.25) is 4.79 Å². The van der Waals surface area contributed by atoms with Gasteiger partial charge in [0.15, 0.2) is 0 Å². The van der Waals surface area contributed by atoms with Crippen molar-refractivity contribution in [3.8, 4) is 0 Å². The van der Waals surface area contributed by atoms with Crippen molar-refractivity contribution < 1.29 is 4.79 Å². The zero-order chi connectivity index (χ0) is 15.6. The summed E-state index contributed by atoms with van der Waals surface area (Å²) in [5.41, 5.74) is 6.46. The van der Waals surface area contributed by atoms with Crippen LogP contribution in [0.15, 0.2) is 22.7 Å². The highest BCUT2D eigenvalue weighted by Gasteiger charge is 2.38. The number of nitrogens with zero attached hydrogens (tertiary/aromatic N) is 1. The van der Waals surface area contributed by atoms with E-state index in [-0.39, 0.29) is 10.7 Å². The normalized spacial score (nSPS) is 17.6. The Labute approximate surface area is 147 Å². The SMILES string of the molecule is CSC1(C(N)=S)CCN(C(=O)c2cc(Cl)ccc2Br)CC1. The van der Waals surface area contributed by atoms with Gasteiger partial charge in [-0.15, -0.1) is 0 Å². The second-order valence-corrected chi connectivity index (χ2v) is 7.90. The molecule has 2 rings (SSSR count). The van der Waals surface area contributed by atoms with Crippen molar-refractivity contribution >= 4 is 62.4 Å². The van der Waals surface area contributed by atoms with Gasteiger partial charge in [0.2, 0.25) is 0 Å². The molecule has 0 saturated carbocycles. The number of nitrogens with two attached hydrogens (primary N) is 1. The highest BCUT2D eigenvalue weighted by Crippen LogP contribution is 2.35. The van der Waals surface area contributed by atoms with Crippen LogP contribution < -0.4 is 5.73 Å². The number of likely N-dealkylation sites (tertiary alicyclic amines) is 1. The minimum atomic E-state index is -0.183. The summed E-state index contributed by atoms with van der Waals surface area (Å²) in [6.45, 7) is 1.30. The Balaban J connectivity index is 2.13. The predicted octanol–water partition coefficient (Wildman–Crippen LogP) is 3.73. The Morgan fingerprint density at radius 1 is 1.48 bits per heavy atom. The first-order chi connectivity index (χ1) is 9.89. The molecule has 21 heavy (non-hydrogen) atoms. The average Bonchev–Trinajstić information content (AvgIpc) is 2.49. The Hall–Kier alpha value is -0.300. The number of hydrogen-bond acceptors (Lipinski definition) is 3. The van der Waals surface area contributed by atoms with Crippen LogP contribution in [0.5, 0.6) is 0 Å². The van der Waals surface area contributed by atoms with E-state index in [0.29, 0.717) is 28.7 Å². The van der Waals surface area contributed by atoms with E-state index < -0.39 is 0 Å². The number of amides is 1. The van der Waals surface area contributed by atoms with Gasteiger partial charge in [-0.2, -0.15) is 11.8 Å². The molecule has 0 aliphatic carbocycles. The molecule has 1 fully saturated rings. The minimum absolute atomic E-state index is 0.0120. The van der Waals surface area contributed by atoms with E-state index >= 15 is 0 Å². The van der Waals surface area contributed by atoms with Gasteiger partial charge in [0, 0.05) is 22.6 Å². The largest absolute Gasteiger partial charge is 0.392 e. The lowest BCUT2D eigenvalue weighted by Crippen LogP contribution is -2.50. The van der Waals surface area contributed by atoms with Crippen LogP contribution in [0.2, 0.25) is 5.02 Å². The molecule has 0 unspecified atom stereocenters. The van der Waals surface area contributed by atoms with E-state index in [2.05, 4.69) is 15.9 Å². The molecule has 1 aromatic rings. The fraction of sp³-hybridized carbons (Fsp3) is 0.429. The minimum Gasteiger partial charge on any atom is -0.392 e. The number of thiocarbonyl (C=S) groups is 1. The molecule has 0 aromatic heterocycles. The number of hydrogen-bond donors (Lipinski definition) is 1. The smallest absolute Gasteiger partial charge is 0.255 e. The first-order valence-electron chi connectivity index (χ1n) is 6.49. The molecular weight excluding hydrogens is 392 g/mol. The second kappa shape index (κ2) is 6.86. The van der Waals surface area contributed by atoms with Crippen LogP contribution in [0.25, 0.3) is 0 Å². The molecule has 0 radical (unpaired) electrons. The number of thioether (sulfide) groups is 1. The van der Waals surface area contributed by atoms with Crippen molar-refractivity contribution in [2.24, 2.45) is 5.73 Å². The van der Waals surface area contributed by atoms with Crippen molar-refractivity contribution in [2.75, 3.05) is 19.3 Å². The average molecular weight is 408 g/mol. The summed E-state index contributed by atoms with van der Waals surface area (Å²) < 4.78 is 0.575. The number of halogens is 2. The molecule has 1 aromatic carbocycles. The van der Waals surface area contributed by atoms with E-state index in [0.717, 1.165) is 17.3 Å². The summed E-state index contributed by atoms with van der Waals surface area (Å²) >= 11 is 16.3. The third-order valence-corrected chi connectivity index (χ3v) is 6.71. The summed E-state index contributed by atoms with van der Waals surface area (Å²) in [6, 6.07) is 5.24. The van der Waals surface area contributed by atoms with Crippen molar-refractivity contribution in [2.45, 2.75) is 17.6 Å². The Bertz CT molecular complexity index is 574. The summed E-state index contributed by atoms with van der Waals surface area (Å²) in [5, 5.41) is 0.556. The topological polar surface area (TPSA) is 46.3 Å². The lowest BCUT2D eigenvalue weighted by atomic mass is 9.95. The Kier molecular flexibility index (Phi) is 5.57. The third-order valence-electron chi connectivity index (χ3n) is 3.86. The molecule has 0 bridgehead atoms. The summed E-state index contributed by atoms with van der Waals surface area (Å²) in [6.07, 6.45) is 3.59. The predicted molar refractivity (Wildman–Crippen MR) is 97.3 cm³/mol. The van der Waals surface area contributed by atoms with Crippen LogP contribution in [0, 0.1) is 0 Å². The number of benzene rings is 1. The van der Waals surface area contributed by atoms with Gasteiger partial charge in [0.05, 0.1) is 15.3 Å². The van der Waals surface area contributed by atoms with Gasteiger partial charge in [0.25, 0.3) is 5.91 Å². The van der Waals surface area contributed by atoms with Crippen molar-refractivity contribution in [1.82, 2.24) is 4.90 Å². The lowest BCUT2D eigenvalue weighted by Gasteiger charge is -2.40. The molecule has 1 aliphatic rings. The van der Waals surface area contributed by atoms with Gasteiger partial charge in [0.1, 0.15) is 0 Å². The Morgan fingerprint density at radius 2 is 2.10 bits per heavy atom. The summed E-state index contributed by atoms with van der Waals surface area (Å²) in [5.74, 6) is -0.0120. The third kappa shape index (κ3) is 3.55. The van der Waals surface area contributed by atoms with Crippen molar-refractivity contribution in [3.05, 3.63) is 33.3 Å². The molecule has 0 spiro atoms. The first-order valence-corrected chi connectivity index (χ1v) is 9.29. The number of rotatable bonds is 3. The number of carbonyl (C=O) groups is 1. The molecule has 2 N–H and O–H groups in total. The lowest BCUT2D eigenvalue weighted by molar-refractivity contribution is 0.0718. The number of carbonyl (C=O) groups excluding carboxylic acids is 1. The van der Waals surface area contributed by atoms with Gasteiger partial charge >= 0.3 is 0 Å². The summed E-state index contributed by atoms with van der Waals surface area (Å²) in [7, 11) is 0. The van der Waals surface area contributed by atoms with E-state index in [1.807, 2.05) is 11.2 Å². The maximum atomic E-state index is 12.6. The van der Waals surface area contributed by atoms with Gasteiger partial charge in [-0.1, -0.05) is 23.8 Å². The summed E-state index contributed by atoms with van der Waals surface area (Å²) in [4.78, 5) is 15.0. The van der Waals surface area contributed by atoms with E-state index in [9.17, 15) is 4.79 Å². The maximum absolute atomic E-state index is 12.6. The molecule has 1 aliphatic heterocycles. The highest BCUT2D eigenvalue weighted by atomic mass is 79.9. The van der Waals surface area contributed by atoms with Gasteiger partial charge in [-0.05, 0) is 53.2 Å². The molecule has 1 saturated heterocycles. The highest BCUT2D eigenvalue weighted by molar-refractivity contribution is 9.10. The maximum Gasteiger partial charge on any atom is 0.255 e. The van der Waals surface area contributed by atoms with Crippen LogP contribution >= 0.6 is 51.5 Å². The molecule has 3 nitrogen and oxygen atoms in total. The second-order valence-electron chi connectivity index (χ2n) is 4.98. The van der Waals surface area contributed by atoms with Crippen LogP contribution in [0.3, 0.4) is 0 Å². The zero-order valence-corrected chi connectivity index (χ0v) is 15.5. The van der Waals surface area contributed by atoms with E-state index in [4.69, 9.17) is 29.6 Å². The fourth-order valence-electron chi connectivity index (χ4n) is 2.45. The Morgan fingerprint density at radius 3 is 2.62 bits per heavy atom. The monoisotopic (exact) mass is 406 g/mol. The van der Waals surface area contributed by atoms with E-state index in [1.165, 1.54) is 0 Å². The fourth-order valence-corrected chi connectivity index (χ4v) is 4.29. The molecule has 7 heteroatoms. The molecule has 1 heterocycles. The van der Waals surface area contributed by atoms with Crippen LogP contribution in [-0.2, 0) is 0 Å². The van der Waals surface area contributed by atoms with Crippen molar-refractivity contribution in [1.29, 1.82) is 0 Å². The quantitative estimate of drug-likeness (QED) is 0.776. The number of piperidine rings is 1. The first kappa shape index (κ1) is 17.1. The van der Waals surface area contributed by atoms with Crippen LogP contribution in [0.1, 0.15) is 23.2 Å². The van der Waals surface area contributed by atoms with Crippen LogP contribution in [-0.4, -0.2) is 39.9 Å². The molecule has 1 amide bonds. The van der Waals surface area contributed by atoms with Gasteiger partial charge < -0.3 is 10.6 Å². The van der Waals surface area contributed by atoms with Gasteiger partial charge in [-0.25, -0.2) is 0 Å². The standard InChI is InChI=1S/C14H16BrClN2OS2/c1-21-14(13(17)20)4-6-18(7-5-14)12(19)10-8-9(16)2-3-11(10)15/h2-3,8H,4-7H2,1H3,(H2,17,20). The molecular formula is C14H16BrClN2OS2.